The molecule has 0 radical (unpaired) electrons. The van der Waals surface area contributed by atoms with Gasteiger partial charge in [-0.1, -0.05) is 48.0 Å². The van der Waals surface area contributed by atoms with Crippen molar-refractivity contribution in [2.24, 2.45) is 0 Å². The van der Waals surface area contributed by atoms with Crippen molar-refractivity contribution < 1.29 is 18.0 Å². The molecular weight excluding hydrogens is 450 g/mol. The van der Waals surface area contributed by atoms with Gasteiger partial charge in [-0.3, -0.25) is 9.59 Å². The molecule has 34 heavy (non-hydrogen) atoms. The number of nitrogens with zero attached hydrogens (tertiary/aromatic N) is 1. The van der Waals surface area contributed by atoms with Gasteiger partial charge < -0.3 is 10.2 Å². The molecule has 0 aliphatic carbocycles. The molecule has 0 aromatic heterocycles. The molecule has 0 heterocycles. The molecule has 3 aromatic rings. The van der Waals surface area contributed by atoms with Crippen LogP contribution in [0.25, 0.3) is 0 Å². The number of anilines is 1. The number of sulfonamides is 1. The third-order valence-corrected chi connectivity index (χ3v) is 7.18. The molecule has 0 fully saturated rings. The van der Waals surface area contributed by atoms with Gasteiger partial charge in [0.1, 0.15) is 0 Å². The van der Waals surface area contributed by atoms with Crippen LogP contribution in [0, 0.1) is 6.92 Å². The summed E-state index contributed by atoms with van der Waals surface area (Å²) < 4.78 is 27.8. The van der Waals surface area contributed by atoms with Crippen LogP contribution in [0.4, 0.5) is 5.69 Å². The summed E-state index contributed by atoms with van der Waals surface area (Å²) in [6, 6.07) is 21.2. The number of hydrogen-bond acceptors (Lipinski definition) is 4. The number of nitrogens with one attached hydrogen (secondary N) is 2. The number of rotatable bonds is 8. The first kappa shape index (κ1) is 25.1. The minimum Gasteiger partial charge on any atom is -0.338 e. The Morgan fingerprint density at radius 3 is 2.18 bits per heavy atom. The quantitative estimate of drug-likeness (QED) is 0.508. The average molecular weight is 480 g/mol. The molecule has 0 saturated carbocycles. The fourth-order valence-electron chi connectivity index (χ4n) is 3.46. The Labute approximate surface area is 200 Å². The van der Waals surface area contributed by atoms with E-state index in [1.165, 1.54) is 24.0 Å². The molecular formula is C26H29N3O4S. The van der Waals surface area contributed by atoms with Crippen LogP contribution in [0.3, 0.4) is 0 Å². The van der Waals surface area contributed by atoms with Crippen LogP contribution in [0.1, 0.15) is 41.4 Å². The van der Waals surface area contributed by atoms with Crippen LogP contribution < -0.4 is 10.0 Å². The van der Waals surface area contributed by atoms with E-state index in [4.69, 9.17) is 0 Å². The van der Waals surface area contributed by atoms with Crippen LogP contribution in [0.5, 0.6) is 0 Å². The van der Waals surface area contributed by atoms with Crippen LogP contribution in [-0.4, -0.2) is 38.2 Å². The predicted octanol–water partition coefficient (Wildman–Crippen LogP) is 4.13. The molecule has 0 spiro atoms. The Balaban J connectivity index is 1.68. The first-order chi connectivity index (χ1) is 16.1. The molecule has 0 aliphatic heterocycles. The second-order valence-corrected chi connectivity index (χ2v) is 9.94. The van der Waals surface area contributed by atoms with E-state index in [2.05, 4.69) is 10.0 Å². The van der Waals surface area contributed by atoms with Crippen LogP contribution >= 0.6 is 0 Å². The van der Waals surface area contributed by atoms with Gasteiger partial charge >= 0.3 is 0 Å². The number of benzene rings is 3. The van der Waals surface area contributed by atoms with E-state index in [0.717, 1.165) is 11.1 Å². The Morgan fingerprint density at radius 1 is 0.882 bits per heavy atom. The topological polar surface area (TPSA) is 95.6 Å². The number of aryl methyl sites for hydroxylation is 1. The van der Waals surface area contributed by atoms with Gasteiger partial charge in [-0.15, -0.1) is 0 Å². The summed E-state index contributed by atoms with van der Waals surface area (Å²) in [7, 11) is -2.21. The zero-order valence-electron chi connectivity index (χ0n) is 19.6. The van der Waals surface area contributed by atoms with Gasteiger partial charge in [0, 0.05) is 18.3 Å². The van der Waals surface area contributed by atoms with E-state index < -0.39 is 16.1 Å². The Hall–Kier alpha value is -3.49. The van der Waals surface area contributed by atoms with Crippen LogP contribution in [0.2, 0.25) is 0 Å². The fourth-order valence-corrected chi connectivity index (χ4v) is 4.65. The highest BCUT2D eigenvalue weighted by Crippen LogP contribution is 2.23. The molecule has 0 saturated heterocycles. The minimum atomic E-state index is -3.84. The fraction of sp³-hybridized carbons (Fsp3) is 0.231. The molecule has 3 rings (SSSR count). The maximum atomic E-state index is 13.0. The van der Waals surface area contributed by atoms with Crippen LogP contribution in [-0.2, 0) is 14.8 Å². The summed E-state index contributed by atoms with van der Waals surface area (Å²) in [5, 5.41) is 2.86. The Morgan fingerprint density at radius 2 is 1.53 bits per heavy atom. The van der Waals surface area contributed by atoms with Gasteiger partial charge in [-0.2, -0.15) is 4.72 Å². The summed E-state index contributed by atoms with van der Waals surface area (Å²) in [4.78, 5) is 27.0. The molecule has 3 aromatic carbocycles. The highest BCUT2D eigenvalue weighted by molar-refractivity contribution is 7.89. The minimum absolute atomic E-state index is 0.107. The summed E-state index contributed by atoms with van der Waals surface area (Å²) in [6.07, 6.45) is 0. The third kappa shape index (κ3) is 6.09. The molecule has 2 N–H and O–H groups in total. The Bertz CT molecular complexity index is 1260. The van der Waals surface area contributed by atoms with Gasteiger partial charge in [0.05, 0.1) is 17.0 Å². The van der Waals surface area contributed by atoms with Crippen molar-refractivity contribution in [3.8, 4) is 0 Å². The molecule has 0 unspecified atom stereocenters. The highest BCUT2D eigenvalue weighted by atomic mass is 32.2. The summed E-state index contributed by atoms with van der Waals surface area (Å²) in [5.41, 5.74) is 2.89. The van der Waals surface area contributed by atoms with Gasteiger partial charge in [0.25, 0.3) is 5.91 Å². The largest absolute Gasteiger partial charge is 0.338 e. The summed E-state index contributed by atoms with van der Waals surface area (Å²) in [6.45, 7) is 5.24. The van der Waals surface area contributed by atoms with E-state index in [9.17, 15) is 18.0 Å². The van der Waals surface area contributed by atoms with E-state index in [1.54, 1.807) is 61.6 Å². The zero-order chi connectivity index (χ0) is 24.9. The van der Waals surface area contributed by atoms with Gasteiger partial charge in [0.15, 0.2) is 0 Å². The summed E-state index contributed by atoms with van der Waals surface area (Å²) in [5.74, 6) is -0.601. The first-order valence-corrected chi connectivity index (χ1v) is 12.4. The number of carbonyl (C=O) groups excluding carboxylic acids is 2. The van der Waals surface area contributed by atoms with Crippen molar-refractivity contribution in [1.82, 2.24) is 9.62 Å². The SMILES string of the molecule is Cc1ccc(S(=O)(=O)N[C@H](C)C(=O)N(C)[C@@H](C)c2cccc(NC(=O)c3ccccc3)c2)cc1. The van der Waals surface area contributed by atoms with E-state index in [1.807, 2.05) is 26.0 Å². The van der Waals surface area contributed by atoms with E-state index >= 15 is 0 Å². The van der Waals surface area contributed by atoms with Gasteiger partial charge in [0.2, 0.25) is 15.9 Å². The van der Waals surface area contributed by atoms with Crippen LogP contribution in [0.15, 0.2) is 83.8 Å². The molecule has 178 valence electrons. The number of likely N-dealkylation sites (N-methyl/N-ethyl adjacent to an activating group) is 1. The Kier molecular flexibility index (Phi) is 7.86. The number of hydrogen-bond donors (Lipinski definition) is 2. The smallest absolute Gasteiger partial charge is 0.255 e. The van der Waals surface area contributed by atoms with E-state index in [0.29, 0.717) is 11.3 Å². The highest BCUT2D eigenvalue weighted by Gasteiger charge is 2.27. The van der Waals surface area contributed by atoms with Crippen molar-refractivity contribution >= 4 is 27.5 Å². The second kappa shape index (κ2) is 10.6. The lowest BCUT2D eigenvalue weighted by molar-refractivity contribution is -0.133. The lowest BCUT2D eigenvalue weighted by Gasteiger charge is -2.28. The van der Waals surface area contributed by atoms with Crippen molar-refractivity contribution in [2.45, 2.75) is 37.8 Å². The van der Waals surface area contributed by atoms with Gasteiger partial charge in [-0.05, 0) is 62.7 Å². The van der Waals surface area contributed by atoms with Gasteiger partial charge in [-0.25, -0.2) is 8.42 Å². The number of carbonyl (C=O) groups is 2. The normalized spacial score (nSPS) is 13.1. The lowest BCUT2D eigenvalue weighted by atomic mass is 10.1. The molecule has 2 atom stereocenters. The average Bonchev–Trinajstić information content (AvgIpc) is 2.83. The maximum Gasteiger partial charge on any atom is 0.255 e. The molecule has 0 aliphatic rings. The molecule has 7 nitrogen and oxygen atoms in total. The third-order valence-electron chi connectivity index (χ3n) is 5.63. The second-order valence-electron chi connectivity index (χ2n) is 8.23. The standard InChI is InChI=1S/C26H29N3O4S/c1-18-13-15-24(16-14-18)34(32,33)28-19(2)26(31)29(4)20(3)22-11-8-12-23(17-22)27-25(30)21-9-6-5-7-10-21/h5-17,19-20,28H,1-4H3,(H,27,30)/t19-,20+/m1/s1. The molecule has 8 heteroatoms. The predicted molar refractivity (Wildman–Crippen MR) is 133 cm³/mol. The molecule has 2 amide bonds. The molecule has 0 bridgehead atoms. The van der Waals surface area contributed by atoms with E-state index in [-0.39, 0.29) is 22.8 Å². The summed E-state index contributed by atoms with van der Waals surface area (Å²) >= 11 is 0. The lowest BCUT2D eigenvalue weighted by Crippen LogP contribution is -2.46. The van der Waals surface area contributed by atoms with Crippen molar-refractivity contribution in [2.75, 3.05) is 12.4 Å². The monoisotopic (exact) mass is 479 g/mol. The zero-order valence-corrected chi connectivity index (χ0v) is 20.5. The van der Waals surface area contributed by atoms with Crippen molar-refractivity contribution in [3.05, 3.63) is 95.6 Å². The van der Waals surface area contributed by atoms with Crippen molar-refractivity contribution in [1.29, 1.82) is 0 Å². The van der Waals surface area contributed by atoms with Crippen molar-refractivity contribution in [3.63, 3.8) is 0 Å². The first-order valence-electron chi connectivity index (χ1n) is 10.9. The number of amides is 2. The maximum absolute atomic E-state index is 13.0.